The number of anilines is 1. The van der Waals surface area contributed by atoms with Crippen molar-refractivity contribution in [2.45, 2.75) is 0 Å². The van der Waals surface area contributed by atoms with Crippen LogP contribution in [0.4, 0.5) is 5.69 Å². The summed E-state index contributed by atoms with van der Waals surface area (Å²) in [5.74, 6) is 1.77. The van der Waals surface area contributed by atoms with E-state index < -0.39 is 15.8 Å². The Kier molecular flexibility index (Phi) is 9.09. The van der Waals surface area contributed by atoms with Gasteiger partial charge in [-0.3, -0.25) is 0 Å². The van der Waals surface area contributed by atoms with Gasteiger partial charge in [-0.15, -0.1) is 0 Å². The molecule has 1 radical (unpaired) electrons. The molecule has 0 spiro atoms. The second-order valence-corrected chi connectivity index (χ2v) is 8.59. The van der Waals surface area contributed by atoms with Crippen LogP contribution in [-0.2, 0) is 9.59 Å². The number of alkyl halides is 1. The number of carbonyl (C=O) groups is 2. The number of nitrogens with one attached hydrogen (secondary N) is 1. The van der Waals surface area contributed by atoms with E-state index in [1.165, 1.54) is 27.4 Å². The van der Waals surface area contributed by atoms with Gasteiger partial charge in [0.1, 0.15) is 0 Å². The summed E-state index contributed by atoms with van der Waals surface area (Å²) in [6, 6.07) is 8.54. The predicted molar refractivity (Wildman–Crippen MR) is 118 cm³/mol. The molecule has 0 aliphatic heterocycles. The Morgan fingerprint density at radius 3 is 2.13 bits per heavy atom. The number of carbonyl (C=O) groups excluding carboxylic acids is 2. The van der Waals surface area contributed by atoms with E-state index >= 15 is 0 Å². The van der Waals surface area contributed by atoms with Gasteiger partial charge < -0.3 is 0 Å². The molecule has 2 aromatic carbocycles. The van der Waals surface area contributed by atoms with Gasteiger partial charge in [-0.2, -0.15) is 0 Å². The van der Waals surface area contributed by atoms with Crippen LogP contribution >= 0.6 is 11.6 Å². The van der Waals surface area contributed by atoms with Crippen molar-refractivity contribution in [3.8, 4) is 23.0 Å². The maximum atomic E-state index is 12.4. The number of halogens is 1. The fourth-order valence-electron chi connectivity index (χ4n) is 2.56. The Hall–Kier alpha value is -2.63. The topological polar surface area (TPSA) is 83.1 Å². The number of rotatable bonds is 10. The van der Waals surface area contributed by atoms with Crippen LogP contribution in [0, 0.1) is 0 Å². The molecule has 0 saturated heterocycles. The van der Waals surface area contributed by atoms with Gasteiger partial charge in [0, 0.05) is 0 Å². The molecule has 0 atom stereocenters. The van der Waals surface area contributed by atoms with Gasteiger partial charge in [-0.1, -0.05) is 0 Å². The molecule has 0 fully saturated rings. The number of amides is 1. The third-order valence-corrected chi connectivity index (χ3v) is 6.70. The van der Waals surface area contributed by atoms with Crippen molar-refractivity contribution in [3.05, 3.63) is 42.0 Å². The van der Waals surface area contributed by atoms with Crippen molar-refractivity contribution < 1.29 is 28.5 Å². The fraction of sp³-hybridized carbons (Fsp3) is 0.238. The van der Waals surface area contributed by atoms with Crippen LogP contribution in [0.15, 0.2) is 36.4 Å². The van der Waals surface area contributed by atoms with E-state index in [2.05, 4.69) is 5.32 Å². The Morgan fingerprint density at radius 2 is 1.60 bits per heavy atom. The predicted octanol–water partition coefficient (Wildman–Crippen LogP) is 2.47. The van der Waals surface area contributed by atoms with Crippen molar-refractivity contribution in [2.24, 2.45) is 0 Å². The number of methoxy groups -OCH3 is 4. The molecule has 1 amide bonds. The summed E-state index contributed by atoms with van der Waals surface area (Å²) < 4.78 is 21.9. The molecule has 0 heterocycles. The normalized spacial score (nSPS) is 11.0. The molecule has 7 nitrogen and oxygen atoms in total. The van der Waals surface area contributed by atoms with E-state index in [0.29, 0.717) is 34.2 Å². The summed E-state index contributed by atoms with van der Waals surface area (Å²) in [6.45, 7) is 0. The molecular weight excluding hydrogens is 473 g/mol. The monoisotopic (exact) mass is 494 g/mol. The van der Waals surface area contributed by atoms with Crippen molar-refractivity contribution in [2.75, 3.05) is 39.6 Å². The van der Waals surface area contributed by atoms with E-state index in [4.69, 9.17) is 30.5 Å². The van der Waals surface area contributed by atoms with Gasteiger partial charge in [-0.25, -0.2) is 0 Å². The molecule has 9 heteroatoms. The van der Waals surface area contributed by atoms with Gasteiger partial charge in [0.05, 0.1) is 7.11 Å². The molecule has 0 aliphatic carbocycles. The molecule has 2 aromatic rings. The minimum absolute atomic E-state index is 0.0476. The van der Waals surface area contributed by atoms with Crippen LogP contribution in [0.25, 0.3) is 6.08 Å². The van der Waals surface area contributed by atoms with Crippen molar-refractivity contribution in [3.63, 3.8) is 0 Å². The van der Waals surface area contributed by atoms with Gasteiger partial charge >= 0.3 is 180 Å². The molecule has 1 N–H and O–H groups in total. The number of hydrogen-bond donors (Lipinski definition) is 1. The minimum atomic E-state index is -0.818. The summed E-state index contributed by atoms with van der Waals surface area (Å²) in [6.07, 6.45) is 2.97. The van der Waals surface area contributed by atoms with E-state index in [1.807, 2.05) is 0 Å². The summed E-state index contributed by atoms with van der Waals surface area (Å²) in [5, 5.41) is 2.78. The Bertz CT molecular complexity index is 922. The van der Waals surface area contributed by atoms with Crippen LogP contribution in [0.5, 0.6) is 23.0 Å². The molecule has 159 valence electrons. The maximum absolute atomic E-state index is 12.4. The van der Waals surface area contributed by atoms with Crippen LogP contribution in [0.2, 0.25) is 0 Å². The first-order valence-electron chi connectivity index (χ1n) is 8.73. The molecule has 0 aliphatic rings. The van der Waals surface area contributed by atoms with Gasteiger partial charge in [0.2, 0.25) is 0 Å². The van der Waals surface area contributed by atoms with Crippen LogP contribution < -0.4 is 28.6 Å². The Balaban J connectivity index is 2.22. The molecule has 30 heavy (non-hydrogen) atoms. The SMILES string of the molecule is COc1cc(OC)c(/C=C/C(=O)Nc2ccc(OC)c([As]C(=O)CCl)c2)c(OC)c1. The van der Waals surface area contributed by atoms with Crippen LogP contribution in [0.3, 0.4) is 0 Å². The second kappa shape index (κ2) is 11.5. The third-order valence-electron chi connectivity index (χ3n) is 3.96. The number of hydrogen-bond acceptors (Lipinski definition) is 6. The first-order chi connectivity index (χ1) is 14.4. The van der Waals surface area contributed by atoms with E-state index in [1.54, 1.807) is 43.5 Å². The number of benzene rings is 2. The first-order valence-corrected chi connectivity index (χ1v) is 11.1. The van der Waals surface area contributed by atoms with Crippen molar-refractivity contribution in [1.82, 2.24) is 0 Å². The zero-order valence-electron chi connectivity index (χ0n) is 17.0. The summed E-state index contributed by atoms with van der Waals surface area (Å²) in [7, 11) is 6.12. The molecular formula is C21H22AsClNO6. The molecule has 2 rings (SSSR count). The van der Waals surface area contributed by atoms with Crippen LogP contribution in [-0.4, -0.2) is 60.5 Å². The van der Waals surface area contributed by atoms with Gasteiger partial charge in [-0.05, 0) is 0 Å². The van der Waals surface area contributed by atoms with E-state index in [0.717, 1.165) is 4.35 Å². The fourth-order valence-corrected chi connectivity index (χ4v) is 4.57. The van der Waals surface area contributed by atoms with Crippen molar-refractivity contribution in [1.29, 1.82) is 0 Å². The standard InChI is InChI=1S/C21H22AsClNO6/c1-27-14-10-18(29-3)15(19(11-14)30-4)6-8-21(26)24-13-5-7-17(28-2)16(9-13)22-20(25)12-23/h5-11H,12H2,1-4H3,(H,24,26)/b8-6+. The summed E-state index contributed by atoms with van der Waals surface area (Å²) in [5.41, 5.74) is 1.15. The summed E-state index contributed by atoms with van der Waals surface area (Å²) in [4.78, 5) is 24.2. The average Bonchev–Trinajstić information content (AvgIpc) is 2.77. The van der Waals surface area contributed by atoms with Gasteiger partial charge in [0.25, 0.3) is 0 Å². The number of ether oxygens (including phenoxy) is 4. The van der Waals surface area contributed by atoms with E-state index in [9.17, 15) is 9.59 Å². The molecule has 0 bridgehead atoms. The Morgan fingerprint density at radius 1 is 0.967 bits per heavy atom. The first kappa shape index (κ1) is 23.6. The third kappa shape index (κ3) is 6.18. The summed E-state index contributed by atoms with van der Waals surface area (Å²) >= 11 is 4.80. The second-order valence-electron chi connectivity index (χ2n) is 5.79. The average molecular weight is 495 g/mol. The van der Waals surface area contributed by atoms with Crippen molar-refractivity contribution >= 4 is 53.9 Å². The zero-order valence-corrected chi connectivity index (χ0v) is 19.7. The quantitative estimate of drug-likeness (QED) is 0.310. The molecule has 0 saturated carbocycles. The van der Waals surface area contributed by atoms with E-state index in [-0.39, 0.29) is 16.4 Å². The Labute approximate surface area is 187 Å². The molecule has 0 aromatic heterocycles. The van der Waals surface area contributed by atoms with Crippen LogP contribution in [0.1, 0.15) is 5.56 Å². The molecule has 0 unspecified atom stereocenters. The van der Waals surface area contributed by atoms with Gasteiger partial charge in [0.15, 0.2) is 0 Å². The zero-order chi connectivity index (χ0) is 22.1.